The second-order valence-corrected chi connectivity index (χ2v) is 5.08. The molecular weight excluding hydrogens is 256 g/mol. The van der Waals surface area contributed by atoms with Gasteiger partial charge in [0.05, 0.1) is 0 Å². The summed E-state index contributed by atoms with van der Waals surface area (Å²) in [6, 6.07) is 7.80. The van der Waals surface area contributed by atoms with Crippen LogP contribution >= 0.6 is 0 Å². The molecule has 5 heteroatoms. The number of nitrogens with one attached hydrogen (secondary N) is 2. The Bertz CT molecular complexity index is 404. The van der Waals surface area contributed by atoms with Gasteiger partial charge in [0.2, 0.25) is 5.91 Å². The lowest BCUT2D eigenvalue weighted by atomic mass is 10.2. The lowest BCUT2D eigenvalue weighted by Crippen LogP contribution is -2.35. The van der Waals surface area contributed by atoms with Crippen molar-refractivity contribution in [2.45, 2.75) is 39.5 Å². The molecule has 1 amide bonds. The number of hydrogen-bond acceptors (Lipinski definition) is 4. The summed E-state index contributed by atoms with van der Waals surface area (Å²) in [7, 11) is 0. The van der Waals surface area contributed by atoms with Crippen molar-refractivity contribution in [1.29, 1.82) is 0 Å². The molecule has 0 bridgehead atoms. The number of benzene rings is 1. The molecule has 1 atom stereocenters. The van der Waals surface area contributed by atoms with Crippen molar-refractivity contribution in [1.82, 2.24) is 10.6 Å². The summed E-state index contributed by atoms with van der Waals surface area (Å²) < 4.78 is 5.50. The number of carbonyl (C=O) groups is 1. The molecule has 0 saturated heterocycles. The third-order valence-electron chi connectivity index (χ3n) is 2.67. The lowest BCUT2D eigenvalue weighted by Gasteiger charge is -2.15. The molecule has 112 valence electrons. The van der Waals surface area contributed by atoms with Crippen molar-refractivity contribution in [2.75, 3.05) is 13.2 Å². The van der Waals surface area contributed by atoms with E-state index in [-0.39, 0.29) is 12.5 Å². The Kier molecular flexibility index (Phi) is 7.04. The van der Waals surface area contributed by atoms with Crippen LogP contribution in [0.1, 0.15) is 26.3 Å². The third kappa shape index (κ3) is 7.11. The van der Waals surface area contributed by atoms with Crippen LogP contribution in [0, 0.1) is 0 Å². The van der Waals surface area contributed by atoms with Gasteiger partial charge in [0, 0.05) is 26.1 Å². The third-order valence-corrected chi connectivity index (χ3v) is 2.67. The van der Waals surface area contributed by atoms with Crippen molar-refractivity contribution in [2.24, 2.45) is 0 Å². The van der Waals surface area contributed by atoms with E-state index in [4.69, 9.17) is 4.74 Å². The average molecular weight is 280 g/mol. The standard InChI is InChI=1S/C15H24N2O3/c1-11(2)16-9-14(19)10-20-15-6-4-13(5-7-15)8-17-12(3)18/h4-7,11,14,16,19H,8-10H2,1-3H3,(H,17,18)/t14-/m1/s1. The van der Waals surface area contributed by atoms with Gasteiger partial charge in [-0.1, -0.05) is 26.0 Å². The normalized spacial score (nSPS) is 12.2. The number of hydrogen-bond donors (Lipinski definition) is 3. The highest BCUT2D eigenvalue weighted by Gasteiger charge is 2.06. The van der Waals surface area contributed by atoms with E-state index in [9.17, 15) is 9.90 Å². The zero-order chi connectivity index (χ0) is 15.0. The minimum Gasteiger partial charge on any atom is -0.491 e. The highest BCUT2D eigenvalue weighted by molar-refractivity contribution is 5.72. The van der Waals surface area contributed by atoms with Gasteiger partial charge in [0.25, 0.3) is 0 Å². The summed E-state index contributed by atoms with van der Waals surface area (Å²) in [6.07, 6.45) is -0.531. The minimum absolute atomic E-state index is 0.0499. The van der Waals surface area contributed by atoms with Crippen LogP contribution in [0.5, 0.6) is 5.75 Å². The van der Waals surface area contributed by atoms with E-state index in [2.05, 4.69) is 10.6 Å². The Morgan fingerprint density at radius 2 is 1.95 bits per heavy atom. The predicted molar refractivity (Wildman–Crippen MR) is 78.6 cm³/mol. The molecule has 0 spiro atoms. The molecule has 1 aromatic rings. The maximum Gasteiger partial charge on any atom is 0.217 e. The predicted octanol–water partition coefficient (Wildman–Crippen LogP) is 1.06. The number of carbonyl (C=O) groups excluding carboxylic acids is 1. The van der Waals surface area contributed by atoms with Crippen LogP contribution < -0.4 is 15.4 Å². The number of aliphatic hydroxyl groups excluding tert-OH is 1. The number of aliphatic hydroxyl groups is 1. The first-order chi connectivity index (χ1) is 9.47. The maximum atomic E-state index is 10.8. The summed E-state index contributed by atoms with van der Waals surface area (Å²) in [4.78, 5) is 10.8. The number of ether oxygens (including phenoxy) is 1. The van der Waals surface area contributed by atoms with Gasteiger partial charge in [0.15, 0.2) is 0 Å². The van der Waals surface area contributed by atoms with E-state index in [0.717, 1.165) is 5.56 Å². The van der Waals surface area contributed by atoms with Gasteiger partial charge in [-0.3, -0.25) is 4.79 Å². The lowest BCUT2D eigenvalue weighted by molar-refractivity contribution is -0.119. The molecule has 1 rings (SSSR count). The van der Waals surface area contributed by atoms with Gasteiger partial charge in [0.1, 0.15) is 18.5 Å². The van der Waals surface area contributed by atoms with Crippen molar-refractivity contribution in [3.8, 4) is 5.75 Å². The van der Waals surface area contributed by atoms with Crippen LogP contribution in [0.25, 0.3) is 0 Å². The van der Waals surface area contributed by atoms with E-state index < -0.39 is 6.10 Å². The molecule has 20 heavy (non-hydrogen) atoms. The second-order valence-electron chi connectivity index (χ2n) is 5.08. The Hall–Kier alpha value is -1.59. The van der Waals surface area contributed by atoms with Gasteiger partial charge >= 0.3 is 0 Å². The van der Waals surface area contributed by atoms with Crippen LogP contribution in [0.15, 0.2) is 24.3 Å². The minimum atomic E-state index is -0.531. The van der Waals surface area contributed by atoms with E-state index in [1.807, 2.05) is 38.1 Å². The SMILES string of the molecule is CC(=O)NCc1ccc(OC[C@H](O)CNC(C)C)cc1. The van der Waals surface area contributed by atoms with Crippen molar-refractivity contribution in [3.05, 3.63) is 29.8 Å². The molecule has 0 aromatic heterocycles. The van der Waals surface area contributed by atoms with Crippen LogP contribution in [0.4, 0.5) is 0 Å². The fourth-order valence-electron chi connectivity index (χ4n) is 1.55. The molecule has 5 nitrogen and oxygen atoms in total. The largest absolute Gasteiger partial charge is 0.491 e. The molecule has 3 N–H and O–H groups in total. The number of rotatable bonds is 8. The van der Waals surface area contributed by atoms with Crippen LogP contribution in [-0.2, 0) is 11.3 Å². The molecule has 0 unspecified atom stereocenters. The molecule has 0 aliphatic rings. The molecule has 0 aliphatic carbocycles. The van der Waals surface area contributed by atoms with Crippen LogP contribution in [0.2, 0.25) is 0 Å². The van der Waals surface area contributed by atoms with Gasteiger partial charge in [-0.15, -0.1) is 0 Å². The fraction of sp³-hybridized carbons (Fsp3) is 0.533. The molecule has 1 aromatic carbocycles. The van der Waals surface area contributed by atoms with E-state index in [1.54, 1.807) is 0 Å². The molecule has 0 aliphatic heterocycles. The summed E-state index contributed by atoms with van der Waals surface area (Å²) in [5.41, 5.74) is 1.01. The van der Waals surface area contributed by atoms with Crippen LogP contribution in [-0.4, -0.2) is 36.3 Å². The molecule has 0 radical (unpaired) electrons. The fourth-order valence-corrected chi connectivity index (χ4v) is 1.55. The first kappa shape index (κ1) is 16.5. The Morgan fingerprint density at radius 1 is 1.30 bits per heavy atom. The number of amides is 1. The summed E-state index contributed by atoms with van der Waals surface area (Å²) in [5.74, 6) is 0.659. The first-order valence-corrected chi connectivity index (χ1v) is 6.85. The monoisotopic (exact) mass is 280 g/mol. The topological polar surface area (TPSA) is 70.6 Å². The van der Waals surface area contributed by atoms with Gasteiger partial charge in [-0.2, -0.15) is 0 Å². The van der Waals surface area contributed by atoms with Gasteiger partial charge in [-0.25, -0.2) is 0 Å². The Balaban J connectivity index is 2.32. The van der Waals surface area contributed by atoms with Gasteiger partial charge in [-0.05, 0) is 17.7 Å². The Labute approximate surface area is 120 Å². The summed E-state index contributed by atoms with van der Waals surface area (Å²) in [6.45, 7) is 6.83. The quantitative estimate of drug-likeness (QED) is 0.666. The summed E-state index contributed by atoms with van der Waals surface area (Å²) in [5, 5.41) is 15.6. The summed E-state index contributed by atoms with van der Waals surface area (Å²) >= 11 is 0. The molecule has 0 heterocycles. The second kappa shape index (κ2) is 8.55. The molecule has 0 saturated carbocycles. The van der Waals surface area contributed by atoms with E-state index in [0.29, 0.717) is 24.9 Å². The zero-order valence-corrected chi connectivity index (χ0v) is 12.3. The smallest absolute Gasteiger partial charge is 0.217 e. The van der Waals surface area contributed by atoms with Crippen LogP contribution in [0.3, 0.4) is 0 Å². The molecule has 0 fully saturated rings. The highest BCUT2D eigenvalue weighted by atomic mass is 16.5. The van der Waals surface area contributed by atoms with Gasteiger partial charge < -0.3 is 20.5 Å². The maximum absolute atomic E-state index is 10.8. The highest BCUT2D eigenvalue weighted by Crippen LogP contribution is 2.12. The average Bonchev–Trinajstić information content (AvgIpc) is 2.41. The first-order valence-electron chi connectivity index (χ1n) is 6.85. The van der Waals surface area contributed by atoms with Crippen molar-refractivity contribution >= 4 is 5.91 Å². The van der Waals surface area contributed by atoms with Crippen molar-refractivity contribution < 1.29 is 14.6 Å². The zero-order valence-electron chi connectivity index (χ0n) is 12.3. The van der Waals surface area contributed by atoms with E-state index >= 15 is 0 Å². The Morgan fingerprint density at radius 3 is 2.50 bits per heavy atom. The molecular formula is C15H24N2O3. The van der Waals surface area contributed by atoms with Crippen molar-refractivity contribution in [3.63, 3.8) is 0 Å². The van der Waals surface area contributed by atoms with E-state index in [1.165, 1.54) is 6.92 Å².